The Kier molecular flexibility index (Phi) is 3.97. The minimum Gasteiger partial charge on any atom is -0.497 e. The molecule has 3 heteroatoms. The Morgan fingerprint density at radius 2 is 1.90 bits per heavy atom. The Hall–Kier alpha value is -1.48. The number of halogens is 1. The molecule has 0 aromatic heterocycles. The highest BCUT2D eigenvalue weighted by Gasteiger charge is 2.32. The van der Waals surface area contributed by atoms with Crippen molar-refractivity contribution in [3.05, 3.63) is 58.6 Å². The second-order valence-electron chi connectivity index (χ2n) is 5.24. The zero-order chi connectivity index (χ0) is 13.9. The Bertz CT molecular complexity index is 578. The van der Waals surface area contributed by atoms with Gasteiger partial charge in [0.1, 0.15) is 5.75 Å². The van der Waals surface area contributed by atoms with Crippen LogP contribution >= 0.6 is 15.9 Å². The molecule has 1 saturated carbocycles. The number of anilines is 1. The van der Waals surface area contributed by atoms with Gasteiger partial charge in [-0.15, -0.1) is 0 Å². The first kappa shape index (κ1) is 13.5. The molecule has 3 rings (SSSR count). The maximum Gasteiger partial charge on any atom is 0.118 e. The van der Waals surface area contributed by atoms with E-state index in [4.69, 9.17) is 4.74 Å². The average Bonchev–Trinajstić information content (AvgIpc) is 3.30. The quantitative estimate of drug-likeness (QED) is 0.830. The van der Waals surface area contributed by atoms with Crippen LogP contribution in [0, 0.1) is 5.92 Å². The first-order chi connectivity index (χ1) is 9.76. The lowest BCUT2D eigenvalue weighted by atomic mass is 10.0. The third-order valence-electron chi connectivity index (χ3n) is 3.72. The molecule has 2 nitrogen and oxygen atoms in total. The Morgan fingerprint density at radius 3 is 2.50 bits per heavy atom. The first-order valence-electron chi connectivity index (χ1n) is 6.92. The second kappa shape index (κ2) is 5.88. The lowest BCUT2D eigenvalue weighted by molar-refractivity contribution is 0.414. The molecule has 20 heavy (non-hydrogen) atoms. The van der Waals surface area contributed by atoms with Gasteiger partial charge in [0, 0.05) is 10.2 Å². The molecule has 0 aliphatic heterocycles. The summed E-state index contributed by atoms with van der Waals surface area (Å²) in [7, 11) is 1.70. The minimum absolute atomic E-state index is 0.384. The van der Waals surface area contributed by atoms with Crippen LogP contribution in [0.5, 0.6) is 5.75 Å². The second-order valence-corrected chi connectivity index (χ2v) is 6.16. The number of hydrogen-bond donors (Lipinski definition) is 1. The number of hydrogen-bond acceptors (Lipinski definition) is 2. The third-order valence-corrected chi connectivity index (χ3v) is 4.21. The van der Waals surface area contributed by atoms with Crippen LogP contribution in [0.2, 0.25) is 0 Å². The van der Waals surface area contributed by atoms with Crippen molar-refractivity contribution >= 4 is 21.6 Å². The van der Waals surface area contributed by atoms with Gasteiger partial charge in [-0.2, -0.15) is 0 Å². The predicted molar refractivity (Wildman–Crippen MR) is 86.2 cm³/mol. The maximum atomic E-state index is 5.23. The molecule has 1 atom stereocenters. The molecule has 0 heterocycles. The van der Waals surface area contributed by atoms with Crippen LogP contribution in [0.25, 0.3) is 0 Å². The van der Waals surface area contributed by atoms with E-state index in [9.17, 15) is 0 Å². The van der Waals surface area contributed by atoms with Crippen molar-refractivity contribution in [1.82, 2.24) is 0 Å². The van der Waals surface area contributed by atoms with Gasteiger partial charge in [0.05, 0.1) is 13.2 Å². The summed E-state index contributed by atoms with van der Waals surface area (Å²) >= 11 is 3.52. The lowest BCUT2D eigenvalue weighted by Gasteiger charge is -2.20. The van der Waals surface area contributed by atoms with Crippen LogP contribution in [0.4, 0.5) is 5.69 Å². The van der Waals surface area contributed by atoms with Crippen molar-refractivity contribution in [2.45, 2.75) is 18.9 Å². The normalized spacial score (nSPS) is 15.7. The van der Waals surface area contributed by atoms with E-state index >= 15 is 0 Å². The fourth-order valence-electron chi connectivity index (χ4n) is 2.47. The van der Waals surface area contributed by atoms with E-state index in [1.807, 2.05) is 18.2 Å². The molecular formula is C17H18BrNO. The van der Waals surface area contributed by atoms with Crippen LogP contribution in [0.1, 0.15) is 24.4 Å². The molecule has 0 bridgehead atoms. The van der Waals surface area contributed by atoms with Crippen molar-refractivity contribution in [1.29, 1.82) is 0 Å². The summed E-state index contributed by atoms with van der Waals surface area (Å²) in [5.74, 6) is 1.65. The Labute approximate surface area is 128 Å². The van der Waals surface area contributed by atoms with Gasteiger partial charge < -0.3 is 10.1 Å². The van der Waals surface area contributed by atoms with E-state index in [0.29, 0.717) is 6.04 Å². The number of ether oxygens (including phenoxy) is 1. The summed E-state index contributed by atoms with van der Waals surface area (Å²) in [5.41, 5.74) is 2.49. The molecule has 1 aliphatic rings. The summed E-state index contributed by atoms with van der Waals surface area (Å²) in [4.78, 5) is 0. The molecule has 1 N–H and O–H groups in total. The molecule has 0 amide bonds. The molecule has 2 aromatic rings. The van der Waals surface area contributed by atoms with E-state index < -0.39 is 0 Å². The van der Waals surface area contributed by atoms with Gasteiger partial charge in [-0.3, -0.25) is 0 Å². The van der Waals surface area contributed by atoms with Gasteiger partial charge >= 0.3 is 0 Å². The third kappa shape index (κ3) is 3.15. The molecule has 0 spiro atoms. The van der Waals surface area contributed by atoms with Crippen LogP contribution in [0.15, 0.2) is 53.0 Å². The summed E-state index contributed by atoms with van der Waals surface area (Å²) in [6, 6.07) is 17.1. The van der Waals surface area contributed by atoms with E-state index in [-0.39, 0.29) is 0 Å². The average molecular weight is 332 g/mol. The molecule has 0 radical (unpaired) electrons. The maximum absolute atomic E-state index is 5.23. The van der Waals surface area contributed by atoms with Gasteiger partial charge in [0.15, 0.2) is 0 Å². The van der Waals surface area contributed by atoms with Crippen molar-refractivity contribution in [3.8, 4) is 5.75 Å². The standard InChI is InChI=1S/C17H18BrNO/c1-20-16-9-7-13(8-10-16)17(12-5-6-12)19-15-4-2-3-14(18)11-15/h2-4,7-12,17,19H,5-6H2,1H3. The monoisotopic (exact) mass is 331 g/mol. The van der Waals surface area contributed by atoms with Crippen LogP contribution in [-0.4, -0.2) is 7.11 Å². The van der Waals surface area contributed by atoms with Gasteiger partial charge in [-0.25, -0.2) is 0 Å². The Morgan fingerprint density at radius 1 is 1.15 bits per heavy atom. The van der Waals surface area contributed by atoms with Crippen LogP contribution in [0.3, 0.4) is 0 Å². The topological polar surface area (TPSA) is 21.3 Å². The van der Waals surface area contributed by atoms with Crippen molar-refractivity contribution < 1.29 is 4.74 Å². The molecule has 1 unspecified atom stereocenters. The van der Waals surface area contributed by atoms with Gasteiger partial charge in [0.25, 0.3) is 0 Å². The highest BCUT2D eigenvalue weighted by Crippen LogP contribution is 2.43. The van der Waals surface area contributed by atoms with Gasteiger partial charge in [-0.1, -0.05) is 34.1 Å². The number of nitrogens with one attached hydrogen (secondary N) is 1. The fraction of sp³-hybridized carbons (Fsp3) is 0.294. The van der Waals surface area contributed by atoms with Gasteiger partial charge in [0.2, 0.25) is 0 Å². The molecular weight excluding hydrogens is 314 g/mol. The van der Waals surface area contributed by atoms with E-state index in [2.05, 4.69) is 51.6 Å². The first-order valence-corrected chi connectivity index (χ1v) is 7.71. The summed E-state index contributed by atoms with van der Waals surface area (Å²) in [6.45, 7) is 0. The van der Waals surface area contributed by atoms with E-state index in [1.54, 1.807) is 7.11 Å². The van der Waals surface area contributed by atoms with Crippen LogP contribution in [-0.2, 0) is 0 Å². The van der Waals surface area contributed by atoms with Crippen molar-refractivity contribution in [3.63, 3.8) is 0 Å². The number of methoxy groups -OCH3 is 1. The SMILES string of the molecule is COc1ccc(C(Nc2cccc(Br)c2)C2CC2)cc1. The smallest absolute Gasteiger partial charge is 0.118 e. The highest BCUT2D eigenvalue weighted by molar-refractivity contribution is 9.10. The highest BCUT2D eigenvalue weighted by atomic mass is 79.9. The zero-order valence-corrected chi connectivity index (χ0v) is 13.1. The molecule has 1 fully saturated rings. The fourth-order valence-corrected chi connectivity index (χ4v) is 2.87. The lowest BCUT2D eigenvalue weighted by Crippen LogP contribution is -2.12. The summed E-state index contributed by atoms with van der Waals surface area (Å²) < 4.78 is 6.34. The predicted octanol–water partition coefficient (Wildman–Crippen LogP) is 5.02. The Balaban J connectivity index is 1.81. The van der Waals surface area contributed by atoms with E-state index in [1.165, 1.54) is 18.4 Å². The minimum atomic E-state index is 0.384. The van der Waals surface area contributed by atoms with E-state index in [0.717, 1.165) is 21.8 Å². The summed E-state index contributed by atoms with van der Waals surface area (Å²) in [5, 5.41) is 3.66. The summed E-state index contributed by atoms with van der Waals surface area (Å²) in [6.07, 6.45) is 2.61. The largest absolute Gasteiger partial charge is 0.497 e. The van der Waals surface area contributed by atoms with Gasteiger partial charge in [-0.05, 0) is 54.7 Å². The molecule has 104 valence electrons. The molecule has 1 aliphatic carbocycles. The van der Waals surface area contributed by atoms with Crippen molar-refractivity contribution in [2.24, 2.45) is 5.92 Å². The zero-order valence-electron chi connectivity index (χ0n) is 11.5. The molecule has 2 aromatic carbocycles. The molecule has 0 saturated heterocycles. The number of rotatable bonds is 5. The van der Waals surface area contributed by atoms with Crippen LogP contribution < -0.4 is 10.1 Å². The number of benzene rings is 2. The van der Waals surface area contributed by atoms with Crippen molar-refractivity contribution in [2.75, 3.05) is 12.4 Å².